The number of aromatic nitrogens is 3. The van der Waals surface area contributed by atoms with Crippen molar-refractivity contribution in [2.45, 2.75) is 38.4 Å². The molecule has 2 aromatic rings. The Labute approximate surface area is 168 Å². The molecule has 0 bridgehead atoms. The zero-order chi connectivity index (χ0) is 18.1. The monoisotopic (exact) mass is 412 g/mol. The smallest absolute Gasteiger partial charge is 0.288 e. The maximum atomic E-state index is 11.0. The van der Waals surface area contributed by atoms with Crippen LogP contribution in [0.1, 0.15) is 36.0 Å². The zero-order valence-corrected chi connectivity index (χ0v) is 16.4. The van der Waals surface area contributed by atoms with E-state index < -0.39 is 4.92 Å². The Bertz CT molecular complexity index is 820. The van der Waals surface area contributed by atoms with Gasteiger partial charge in [-0.3, -0.25) is 15.0 Å². The first-order chi connectivity index (χ1) is 12.6. The number of benzene rings is 1. The van der Waals surface area contributed by atoms with Crippen LogP contribution < -0.4 is 5.32 Å². The minimum Gasteiger partial charge on any atom is -0.312 e. The summed E-state index contributed by atoms with van der Waals surface area (Å²) in [5.74, 6) is 2.58. The number of hydrogen-bond acceptors (Lipinski definition) is 6. The number of hydrogen-bond donors (Lipinski definition) is 1. The molecule has 2 aliphatic heterocycles. The van der Waals surface area contributed by atoms with Crippen LogP contribution in [0.4, 0.5) is 5.69 Å². The van der Waals surface area contributed by atoms with E-state index >= 15 is 0 Å². The molecular formula is C17H22Cl2N6O2. The van der Waals surface area contributed by atoms with Gasteiger partial charge in [0.15, 0.2) is 0 Å². The van der Waals surface area contributed by atoms with Gasteiger partial charge in [-0.2, -0.15) is 0 Å². The second-order valence-electron chi connectivity index (χ2n) is 6.90. The average Bonchev–Trinajstić information content (AvgIpc) is 3.08. The van der Waals surface area contributed by atoms with Crippen LogP contribution in [-0.2, 0) is 19.6 Å². The van der Waals surface area contributed by atoms with Crippen molar-refractivity contribution in [3.05, 3.63) is 50.5 Å². The predicted molar refractivity (Wildman–Crippen MR) is 104 cm³/mol. The number of nitro benzene ring substituents is 1. The molecule has 0 amide bonds. The Morgan fingerprint density at radius 3 is 2.78 bits per heavy atom. The highest BCUT2D eigenvalue weighted by molar-refractivity contribution is 6.32. The van der Waals surface area contributed by atoms with Gasteiger partial charge in [0.2, 0.25) is 0 Å². The van der Waals surface area contributed by atoms with E-state index in [0.29, 0.717) is 12.5 Å². The molecule has 1 aromatic heterocycles. The Hall–Kier alpha value is -1.74. The number of nitrogens with zero attached hydrogens (tertiary/aromatic N) is 5. The first-order valence-corrected chi connectivity index (χ1v) is 9.27. The summed E-state index contributed by atoms with van der Waals surface area (Å²) in [6.07, 6.45) is 2.06. The molecular weight excluding hydrogens is 391 g/mol. The fraction of sp³-hybridized carbons (Fsp3) is 0.529. The van der Waals surface area contributed by atoms with Gasteiger partial charge < -0.3 is 9.88 Å². The third-order valence-electron chi connectivity index (χ3n) is 5.22. The van der Waals surface area contributed by atoms with Gasteiger partial charge in [0, 0.05) is 31.6 Å². The number of nitro groups is 1. The molecule has 146 valence electrons. The van der Waals surface area contributed by atoms with Gasteiger partial charge in [0.25, 0.3) is 5.69 Å². The fourth-order valence-corrected chi connectivity index (χ4v) is 4.01. The SMILES string of the molecule is Cl.O=[N+]([O-])c1cc(CN2CCC(c3nnc4n3CCNC4)CC2)ccc1Cl. The number of piperidine rings is 1. The minimum atomic E-state index is -0.429. The lowest BCUT2D eigenvalue weighted by atomic mass is 9.95. The third kappa shape index (κ3) is 4.24. The number of halogens is 2. The fourth-order valence-electron chi connectivity index (χ4n) is 3.82. The molecule has 4 rings (SSSR count). The van der Waals surface area contributed by atoms with E-state index in [9.17, 15) is 10.1 Å². The van der Waals surface area contributed by atoms with E-state index in [0.717, 1.165) is 62.8 Å². The Morgan fingerprint density at radius 1 is 1.26 bits per heavy atom. The van der Waals surface area contributed by atoms with Gasteiger partial charge in [0.05, 0.1) is 11.5 Å². The number of likely N-dealkylation sites (tertiary alicyclic amines) is 1. The first kappa shape index (κ1) is 20.0. The molecule has 2 aliphatic rings. The summed E-state index contributed by atoms with van der Waals surface area (Å²) in [4.78, 5) is 12.9. The van der Waals surface area contributed by atoms with Crippen LogP contribution in [0.25, 0.3) is 0 Å². The summed E-state index contributed by atoms with van der Waals surface area (Å²) in [6.45, 7) is 5.29. The average molecular weight is 413 g/mol. The zero-order valence-electron chi connectivity index (χ0n) is 14.8. The van der Waals surface area contributed by atoms with Crippen molar-refractivity contribution in [3.63, 3.8) is 0 Å². The molecule has 10 heteroatoms. The topological polar surface area (TPSA) is 89.1 Å². The van der Waals surface area contributed by atoms with E-state index in [1.165, 1.54) is 0 Å². The number of fused-ring (bicyclic) bond motifs is 1. The summed E-state index contributed by atoms with van der Waals surface area (Å²) in [5.41, 5.74) is 0.897. The Morgan fingerprint density at radius 2 is 2.04 bits per heavy atom. The lowest BCUT2D eigenvalue weighted by Gasteiger charge is -2.32. The summed E-state index contributed by atoms with van der Waals surface area (Å²) in [6, 6.07) is 5.05. The molecule has 0 spiro atoms. The molecule has 27 heavy (non-hydrogen) atoms. The second-order valence-corrected chi connectivity index (χ2v) is 7.30. The maximum absolute atomic E-state index is 11.0. The van der Waals surface area contributed by atoms with Crippen LogP contribution in [0.5, 0.6) is 0 Å². The van der Waals surface area contributed by atoms with Gasteiger partial charge in [-0.05, 0) is 37.6 Å². The predicted octanol–water partition coefficient (Wildman–Crippen LogP) is 2.74. The Balaban J connectivity index is 0.00000210. The normalized spacial score (nSPS) is 18.0. The number of nitrogens with one attached hydrogen (secondary N) is 1. The molecule has 1 aromatic carbocycles. The number of rotatable bonds is 4. The van der Waals surface area contributed by atoms with Crippen molar-refractivity contribution in [2.24, 2.45) is 0 Å². The highest BCUT2D eigenvalue weighted by Crippen LogP contribution is 2.30. The third-order valence-corrected chi connectivity index (χ3v) is 5.54. The molecule has 8 nitrogen and oxygen atoms in total. The quantitative estimate of drug-likeness (QED) is 0.613. The van der Waals surface area contributed by atoms with Crippen molar-refractivity contribution in [2.75, 3.05) is 19.6 Å². The van der Waals surface area contributed by atoms with E-state index in [2.05, 4.69) is 25.0 Å². The van der Waals surface area contributed by atoms with Gasteiger partial charge in [-0.15, -0.1) is 22.6 Å². The molecule has 1 saturated heterocycles. The molecule has 0 aliphatic carbocycles. The van der Waals surface area contributed by atoms with Crippen molar-refractivity contribution >= 4 is 29.7 Å². The van der Waals surface area contributed by atoms with Crippen LogP contribution >= 0.6 is 24.0 Å². The van der Waals surface area contributed by atoms with Crippen LogP contribution in [0.15, 0.2) is 18.2 Å². The van der Waals surface area contributed by atoms with E-state index in [4.69, 9.17) is 11.6 Å². The highest BCUT2D eigenvalue weighted by Gasteiger charge is 2.27. The van der Waals surface area contributed by atoms with Crippen LogP contribution in [-0.4, -0.2) is 44.2 Å². The summed E-state index contributed by atoms with van der Waals surface area (Å²) in [5, 5.41) is 23.3. The molecule has 1 fully saturated rings. The van der Waals surface area contributed by atoms with Gasteiger partial charge in [-0.25, -0.2) is 0 Å². The van der Waals surface area contributed by atoms with Gasteiger partial charge >= 0.3 is 0 Å². The largest absolute Gasteiger partial charge is 0.312 e. The molecule has 3 heterocycles. The first-order valence-electron chi connectivity index (χ1n) is 8.89. The minimum absolute atomic E-state index is 0. The molecule has 0 radical (unpaired) electrons. The molecule has 1 N–H and O–H groups in total. The summed E-state index contributed by atoms with van der Waals surface area (Å²) >= 11 is 5.89. The van der Waals surface area contributed by atoms with Crippen molar-refractivity contribution in [1.29, 1.82) is 0 Å². The molecule has 0 atom stereocenters. The van der Waals surface area contributed by atoms with Crippen molar-refractivity contribution in [1.82, 2.24) is 25.0 Å². The van der Waals surface area contributed by atoms with Gasteiger partial charge in [-0.1, -0.05) is 17.7 Å². The van der Waals surface area contributed by atoms with E-state index in [1.807, 2.05) is 6.07 Å². The molecule has 0 saturated carbocycles. The summed E-state index contributed by atoms with van der Waals surface area (Å²) < 4.78 is 2.26. The lowest BCUT2D eigenvalue weighted by molar-refractivity contribution is -0.384. The standard InChI is InChI=1S/C17H21ClN6O2.ClH/c18-14-2-1-12(9-15(14)24(25)26)11-22-6-3-13(4-7-22)17-21-20-16-10-19-5-8-23(16)17;/h1-2,9,13,19H,3-8,10-11H2;1H. The van der Waals surface area contributed by atoms with Crippen LogP contribution in [0, 0.1) is 10.1 Å². The van der Waals surface area contributed by atoms with Gasteiger partial charge in [0.1, 0.15) is 16.7 Å². The Kier molecular flexibility index (Phi) is 6.31. The second kappa shape index (κ2) is 8.52. The van der Waals surface area contributed by atoms with E-state index in [-0.39, 0.29) is 23.1 Å². The van der Waals surface area contributed by atoms with E-state index in [1.54, 1.807) is 12.1 Å². The van der Waals surface area contributed by atoms with Crippen molar-refractivity contribution < 1.29 is 4.92 Å². The van der Waals surface area contributed by atoms with Crippen LogP contribution in [0.3, 0.4) is 0 Å². The maximum Gasteiger partial charge on any atom is 0.288 e. The van der Waals surface area contributed by atoms with Crippen LogP contribution in [0.2, 0.25) is 5.02 Å². The highest BCUT2D eigenvalue weighted by atomic mass is 35.5. The molecule has 0 unspecified atom stereocenters. The lowest BCUT2D eigenvalue weighted by Crippen LogP contribution is -2.34. The summed E-state index contributed by atoms with van der Waals surface area (Å²) in [7, 11) is 0. The van der Waals surface area contributed by atoms with Crippen molar-refractivity contribution in [3.8, 4) is 0 Å².